The van der Waals surface area contributed by atoms with Crippen LogP contribution in [0, 0.1) is 23.2 Å². The van der Waals surface area contributed by atoms with Gasteiger partial charge in [0.05, 0.1) is 11.6 Å². The molecule has 0 atom stereocenters. The molecule has 1 amide bonds. The molecular formula is C16H19N3O2. The minimum atomic E-state index is -0.507. The second-order valence-electron chi connectivity index (χ2n) is 5.39. The molecule has 0 aliphatic heterocycles. The average molecular weight is 285 g/mol. The lowest BCUT2D eigenvalue weighted by molar-refractivity contribution is 0.0529. The zero-order valence-corrected chi connectivity index (χ0v) is 12.5. The molecule has 0 saturated carbocycles. The maximum atomic E-state index is 11.4. The Balaban J connectivity index is 2.44. The van der Waals surface area contributed by atoms with Gasteiger partial charge in [0.15, 0.2) is 0 Å². The summed E-state index contributed by atoms with van der Waals surface area (Å²) in [6.45, 7) is 5.82. The molecule has 0 saturated heterocycles. The number of hydrogen-bond donors (Lipinski definition) is 2. The number of benzene rings is 1. The highest BCUT2D eigenvalue weighted by molar-refractivity contribution is 5.67. The molecule has 1 aromatic rings. The Kier molecular flexibility index (Phi) is 5.63. The van der Waals surface area contributed by atoms with E-state index in [0.29, 0.717) is 29.8 Å². The number of carbonyl (C=O) groups excluding carboxylic acids is 1. The smallest absolute Gasteiger partial charge is 0.407 e. The van der Waals surface area contributed by atoms with Gasteiger partial charge < -0.3 is 15.8 Å². The lowest BCUT2D eigenvalue weighted by Gasteiger charge is -2.19. The zero-order valence-electron chi connectivity index (χ0n) is 12.5. The van der Waals surface area contributed by atoms with Crippen LogP contribution in [0.4, 0.5) is 10.5 Å². The Morgan fingerprint density at radius 1 is 1.43 bits per heavy atom. The van der Waals surface area contributed by atoms with Crippen LogP contribution in [0.1, 0.15) is 38.3 Å². The number of nitrogen functional groups attached to an aromatic ring is 1. The predicted molar refractivity (Wildman–Crippen MR) is 81.3 cm³/mol. The van der Waals surface area contributed by atoms with Crippen LogP contribution in [0.3, 0.4) is 0 Å². The van der Waals surface area contributed by atoms with Crippen LogP contribution >= 0.6 is 0 Å². The molecule has 1 rings (SSSR count). The van der Waals surface area contributed by atoms with Crippen LogP contribution in [-0.2, 0) is 4.74 Å². The van der Waals surface area contributed by atoms with Gasteiger partial charge in [-0.15, -0.1) is 0 Å². The quantitative estimate of drug-likeness (QED) is 0.496. The van der Waals surface area contributed by atoms with Gasteiger partial charge in [-0.3, -0.25) is 0 Å². The molecule has 0 fully saturated rings. The summed E-state index contributed by atoms with van der Waals surface area (Å²) in [6.07, 6.45) is 0.0285. The van der Waals surface area contributed by atoms with Crippen LogP contribution in [0.5, 0.6) is 0 Å². The van der Waals surface area contributed by atoms with Crippen molar-refractivity contribution in [2.45, 2.75) is 32.8 Å². The van der Waals surface area contributed by atoms with Crippen molar-refractivity contribution in [2.24, 2.45) is 0 Å². The minimum absolute atomic E-state index is 0.401. The van der Waals surface area contributed by atoms with Gasteiger partial charge in [-0.05, 0) is 39.0 Å². The summed E-state index contributed by atoms with van der Waals surface area (Å²) in [7, 11) is 0. The number of ether oxygens (including phenoxy) is 1. The maximum Gasteiger partial charge on any atom is 0.407 e. The molecule has 0 spiro atoms. The third-order valence-electron chi connectivity index (χ3n) is 2.32. The van der Waals surface area contributed by atoms with Crippen molar-refractivity contribution in [3.8, 4) is 17.9 Å². The molecule has 1 aromatic carbocycles. The molecule has 0 heterocycles. The first kappa shape index (κ1) is 16.4. The van der Waals surface area contributed by atoms with Gasteiger partial charge >= 0.3 is 6.09 Å². The van der Waals surface area contributed by atoms with Crippen molar-refractivity contribution in [3.63, 3.8) is 0 Å². The van der Waals surface area contributed by atoms with Crippen molar-refractivity contribution in [3.05, 3.63) is 29.3 Å². The SMILES string of the molecule is CC(C)(C)OC(=O)NCCC#Cc1ccc(C#N)cc1N. The van der Waals surface area contributed by atoms with Gasteiger partial charge in [0.1, 0.15) is 5.60 Å². The van der Waals surface area contributed by atoms with Crippen LogP contribution < -0.4 is 11.1 Å². The number of nitrogens with zero attached hydrogens (tertiary/aromatic N) is 1. The Bertz CT molecular complexity index is 613. The highest BCUT2D eigenvalue weighted by atomic mass is 16.6. The molecule has 0 aromatic heterocycles. The molecule has 110 valence electrons. The van der Waals surface area contributed by atoms with Crippen LogP contribution in [0.25, 0.3) is 0 Å². The Morgan fingerprint density at radius 3 is 2.71 bits per heavy atom. The second-order valence-corrected chi connectivity index (χ2v) is 5.39. The number of anilines is 1. The van der Waals surface area contributed by atoms with Gasteiger partial charge in [-0.1, -0.05) is 11.8 Å². The summed E-state index contributed by atoms with van der Waals surface area (Å²) in [5, 5.41) is 11.4. The molecule has 3 N–H and O–H groups in total. The summed E-state index contributed by atoms with van der Waals surface area (Å²) in [5.41, 5.74) is 6.93. The van der Waals surface area contributed by atoms with Gasteiger partial charge in [0, 0.05) is 24.2 Å². The molecule has 0 bridgehead atoms. The van der Waals surface area contributed by atoms with Crippen molar-refractivity contribution < 1.29 is 9.53 Å². The van der Waals surface area contributed by atoms with Crippen LogP contribution in [-0.4, -0.2) is 18.2 Å². The number of nitrogens with one attached hydrogen (secondary N) is 1. The third-order valence-corrected chi connectivity index (χ3v) is 2.32. The van der Waals surface area contributed by atoms with E-state index in [-0.39, 0.29) is 0 Å². The first-order chi connectivity index (χ1) is 9.81. The Hall–Kier alpha value is -2.66. The minimum Gasteiger partial charge on any atom is -0.444 e. The van der Waals surface area contributed by atoms with E-state index >= 15 is 0 Å². The topological polar surface area (TPSA) is 88.1 Å². The fraction of sp³-hybridized carbons (Fsp3) is 0.375. The molecule has 5 heteroatoms. The van der Waals surface area contributed by atoms with E-state index in [9.17, 15) is 4.79 Å². The lowest BCUT2D eigenvalue weighted by atomic mass is 10.1. The predicted octanol–water partition coefficient (Wildman–Crippen LogP) is 2.41. The van der Waals surface area contributed by atoms with Gasteiger partial charge in [0.2, 0.25) is 0 Å². The van der Waals surface area contributed by atoms with E-state index in [1.165, 1.54) is 0 Å². The van der Waals surface area contributed by atoms with E-state index < -0.39 is 11.7 Å². The standard InChI is InChI=1S/C16H19N3O2/c1-16(2,3)21-15(20)19-9-5-4-6-13-8-7-12(11-17)10-14(13)18/h7-8,10H,5,9,18H2,1-3H3,(H,19,20). The normalized spacial score (nSPS) is 10.0. The summed E-state index contributed by atoms with van der Waals surface area (Å²) >= 11 is 0. The molecule has 0 radical (unpaired) electrons. The van der Waals surface area contributed by atoms with Crippen LogP contribution in [0.15, 0.2) is 18.2 Å². The Morgan fingerprint density at radius 2 is 2.14 bits per heavy atom. The number of hydrogen-bond acceptors (Lipinski definition) is 4. The number of rotatable bonds is 2. The fourth-order valence-electron chi connectivity index (χ4n) is 1.45. The molecule has 21 heavy (non-hydrogen) atoms. The highest BCUT2D eigenvalue weighted by Gasteiger charge is 2.15. The summed E-state index contributed by atoms with van der Waals surface area (Å²) in [6, 6.07) is 6.98. The highest BCUT2D eigenvalue weighted by Crippen LogP contribution is 2.12. The van der Waals surface area contributed by atoms with Crippen LogP contribution in [0.2, 0.25) is 0 Å². The summed E-state index contributed by atoms with van der Waals surface area (Å²) in [5.74, 6) is 5.82. The largest absolute Gasteiger partial charge is 0.444 e. The van der Waals surface area contributed by atoms with E-state index in [4.69, 9.17) is 15.7 Å². The number of alkyl carbamates (subject to hydrolysis) is 1. The van der Waals surface area contributed by atoms with Gasteiger partial charge in [0.25, 0.3) is 0 Å². The van der Waals surface area contributed by atoms with Gasteiger partial charge in [-0.25, -0.2) is 4.79 Å². The molecule has 5 nitrogen and oxygen atoms in total. The second kappa shape index (κ2) is 7.21. The fourth-order valence-corrected chi connectivity index (χ4v) is 1.45. The van der Waals surface area contributed by atoms with E-state index in [2.05, 4.69) is 17.2 Å². The van der Waals surface area contributed by atoms with Crippen molar-refractivity contribution in [1.82, 2.24) is 5.32 Å². The van der Waals surface area contributed by atoms with E-state index in [0.717, 1.165) is 0 Å². The summed E-state index contributed by atoms with van der Waals surface area (Å²) in [4.78, 5) is 11.4. The first-order valence-electron chi connectivity index (χ1n) is 6.57. The number of amides is 1. The van der Waals surface area contributed by atoms with E-state index in [1.807, 2.05) is 6.07 Å². The van der Waals surface area contributed by atoms with Crippen molar-refractivity contribution >= 4 is 11.8 Å². The van der Waals surface area contributed by atoms with E-state index in [1.54, 1.807) is 39.0 Å². The summed E-state index contributed by atoms with van der Waals surface area (Å²) < 4.78 is 5.10. The lowest BCUT2D eigenvalue weighted by Crippen LogP contribution is -2.32. The average Bonchev–Trinajstić information content (AvgIpc) is 2.37. The van der Waals surface area contributed by atoms with Crippen molar-refractivity contribution in [1.29, 1.82) is 5.26 Å². The molecule has 0 aliphatic rings. The number of nitrogens with two attached hydrogens (primary N) is 1. The Labute approximate surface area is 125 Å². The number of carbonyl (C=O) groups is 1. The first-order valence-corrected chi connectivity index (χ1v) is 6.57. The van der Waals surface area contributed by atoms with Gasteiger partial charge in [-0.2, -0.15) is 5.26 Å². The number of nitriles is 1. The zero-order chi connectivity index (χ0) is 15.9. The third kappa shape index (κ3) is 6.35. The molecule has 0 aliphatic carbocycles. The molecular weight excluding hydrogens is 266 g/mol. The molecule has 0 unspecified atom stereocenters. The monoisotopic (exact) mass is 285 g/mol. The maximum absolute atomic E-state index is 11.4. The van der Waals surface area contributed by atoms with Crippen molar-refractivity contribution in [2.75, 3.05) is 12.3 Å².